The van der Waals surface area contributed by atoms with Crippen molar-refractivity contribution < 1.29 is 14.3 Å². The Morgan fingerprint density at radius 2 is 1.81 bits per heavy atom. The lowest BCUT2D eigenvalue weighted by molar-refractivity contribution is -0.130. The molecule has 26 heavy (non-hydrogen) atoms. The van der Waals surface area contributed by atoms with Crippen molar-refractivity contribution in [3.63, 3.8) is 0 Å². The number of rotatable bonds is 8. The number of likely N-dealkylation sites (N-methyl/N-ethyl adjacent to an activating group) is 1. The van der Waals surface area contributed by atoms with Crippen LogP contribution in [0.1, 0.15) is 22.3 Å². The Morgan fingerprint density at radius 3 is 2.50 bits per heavy atom. The van der Waals surface area contributed by atoms with Gasteiger partial charge in [-0.1, -0.05) is 41.4 Å². The Labute approximate surface area is 158 Å². The molecule has 0 atom stereocenters. The molecule has 0 radical (unpaired) electrons. The number of carbonyl (C=O) groups is 2. The summed E-state index contributed by atoms with van der Waals surface area (Å²) < 4.78 is 5.62. The Kier molecular flexibility index (Phi) is 7.48. The minimum Gasteiger partial charge on any atom is -0.492 e. The van der Waals surface area contributed by atoms with E-state index < -0.39 is 0 Å². The lowest BCUT2D eigenvalue weighted by atomic mass is 10.2. The van der Waals surface area contributed by atoms with E-state index in [0.29, 0.717) is 23.7 Å². The maximum atomic E-state index is 12.1. The Morgan fingerprint density at radius 1 is 1.12 bits per heavy atom. The average Bonchev–Trinajstić information content (AvgIpc) is 2.63. The monoisotopic (exact) mass is 374 g/mol. The molecule has 0 saturated carbocycles. The lowest BCUT2D eigenvalue weighted by Gasteiger charge is -2.17. The van der Waals surface area contributed by atoms with Crippen LogP contribution in [0, 0.1) is 6.92 Å². The molecule has 0 aromatic heterocycles. The summed E-state index contributed by atoms with van der Waals surface area (Å²) in [6.07, 6.45) is 0.219. The van der Waals surface area contributed by atoms with E-state index in [1.54, 1.807) is 36.2 Å². The van der Waals surface area contributed by atoms with Gasteiger partial charge < -0.3 is 15.0 Å². The second kappa shape index (κ2) is 9.82. The van der Waals surface area contributed by atoms with E-state index in [1.165, 1.54) is 5.56 Å². The fourth-order valence-corrected chi connectivity index (χ4v) is 2.50. The van der Waals surface area contributed by atoms with Crippen LogP contribution in [0.3, 0.4) is 0 Å². The Bertz CT molecular complexity index is 747. The first-order valence-electron chi connectivity index (χ1n) is 8.43. The van der Waals surface area contributed by atoms with E-state index in [9.17, 15) is 9.59 Å². The van der Waals surface area contributed by atoms with E-state index in [-0.39, 0.29) is 24.8 Å². The molecule has 2 amide bonds. The summed E-state index contributed by atoms with van der Waals surface area (Å²) in [5.74, 6) is 0.439. The predicted molar refractivity (Wildman–Crippen MR) is 103 cm³/mol. The summed E-state index contributed by atoms with van der Waals surface area (Å²) in [4.78, 5) is 25.7. The van der Waals surface area contributed by atoms with Gasteiger partial charge in [0.1, 0.15) is 12.4 Å². The first-order chi connectivity index (χ1) is 12.5. The zero-order valence-corrected chi connectivity index (χ0v) is 15.8. The smallest absolute Gasteiger partial charge is 0.252 e. The fourth-order valence-electron chi connectivity index (χ4n) is 2.27. The molecular formula is C20H23ClN2O3. The SMILES string of the molecule is Cc1ccc(OCCN(C)C(=O)CCNC(=O)c2ccccc2Cl)cc1. The van der Waals surface area contributed by atoms with E-state index in [4.69, 9.17) is 16.3 Å². The topological polar surface area (TPSA) is 58.6 Å². The highest BCUT2D eigenvalue weighted by Crippen LogP contribution is 2.14. The van der Waals surface area contributed by atoms with Gasteiger partial charge in [-0.25, -0.2) is 0 Å². The Balaban J connectivity index is 1.67. The highest BCUT2D eigenvalue weighted by Gasteiger charge is 2.12. The van der Waals surface area contributed by atoms with Crippen molar-refractivity contribution >= 4 is 23.4 Å². The number of amides is 2. The van der Waals surface area contributed by atoms with Crippen LogP contribution in [0.15, 0.2) is 48.5 Å². The van der Waals surface area contributed by atoms with Crippen molar-refractivity contribution in [1.29, 1.82) is 0 Å². The summed E-state index contributed by atoms with van der Waals surface area (Å²) in [7, 11) is 1.72. The minimum atomic E-state index is -0.284. The number of carbonyl (C=O) groups excluding carboxylic acids is 2. The van der Waals surface area contributed by atoms with Gasteiger partial charge in [-0.3, -0.25) is 9.59 Å². The number of ether oxygens (including phenoxy) is 1. The van der Waals surface area contributed by atoms with Gasteiger partial charge in [0.15, 0.2) is 0 Å². The molecular weight excluding hydrogens is 352 g/mol. The molecule has 0 aliphatic rings. The minimum absolute atomic E-state index is 0.0584. The van der Waals surface area contributed by atoms with Crippen LogP contribution >= 0.6 is 11.6 Å². The van der Waals surface area contributed by atoms with Crippen molar-refractivity contribution in [2.75, 3.05) is 26.7 Å². The summed E-state index contributed by atoms with van der Waals surface area (Å²) >= 11 is 5.98. The summed E-state index contributed by atoms with van der Waals surface area (Å²) in [6.45, 7) is 3.16. The molecule has 2 aromatic carbocycles. The third kappa shape index (κ3) is 6.08. The molecule has 0 unspecified atom stereocenters. The number of aryl methyl sites for hydroxylation is 1. The summed E-state index contributed by atoms with van der Waals surface area (Å²) in [6, 6.07) is 14.6. The van der Waals surface area contributed by atoms with Crippen LogP contribution in [-0.2, 0) is 4.79 Å². The Hall–Kier alpha value is -2.53. The van der Waals surface area contributed by atoms with Crippen molar-refractivity contribution in [3.8, 4) is 5.75 Å². The molecule has 0 aliphatic heterocycles. The average molecular weight is 375 g/mol. The van der Waals surface area contributed by atoms with Gasteiger partial charge in [0.25, 0.3) is 5.91 Å². The van der Waals surface area contributed by atoms with Crippen LogP contribution < -0.4 is 10.1 Å². The van der Waals surface area contributed by atoms with Gasteiger partial charge in [-0.15, -0.1) is 0 Å². The first-order valence-corrected chi connectivity index (χ1v) is 8.81. The van der Waals surface area contributed by atoms with Crippen LogP contribution in [0.25, 0.3) is 0 Å². The number of halogens is 1. The molecule has 0 bridgehead atoms. The molecule has 0 saturated heterocycles. The van der Waals surface area contributed by atoms with Crippen molar-refractivity contribution in [2.45, 2.75) is 13.3 Å². The largest absolute Gasteiger partial charge is 0.492 e. The van der Waals surface area contributed by atoms with Gasteiger partial charge in [0.2, 0.25) is 5.91 Å². The fraction of sp³-hybridized carbons (Fsp3) is 0.300. The van der Waals surface area contributed by atoms with Crippen LogP contribution in [0.2, 0.25) is 5.02 Å². The van der Waals surface area contributed by atoms with Crippen molar-refractivity contribution in [3.05, 3.63) is 64.7 Å². The second-order valence-electron chi connectivity index (χ2n) is 5.96. The standard InChI is InChI=1S/C20H23ClN2O3/c1-15-7-9-16(10-8-15)26-14-13-23(2)19(24)11-12-22-20(25)17-5-3-4-6-18(17)21/h3-10H,11-14H2,1-2H3,(H,22,25). The maximum Gasteiger partial charge on any atom is 0.252 e. The molecule has 2 aromatic rings. The van der Waals surface area contributed by atoms with Gasteiger partial charge in [0, 0.05) is 20.0 Å². The summed E-state index contributed by atoms with van der Waals surface area (Å²) in [5, 5.41) is 3.10. The molecule has 0 spiro atoms. The van der Waals surface area contributed by atoms with Crippen LogP contribution in [0.5, 0.6) is 5.75 Å². The molecule has 6 heteroatoms. The third-order valence-corrected chi connectivity index (χ3v) is 4.21. The number of nitrogens with one attached hydrogen (secondary N) is 1. The maximum absolute atomic E-state index is 12.1. The first kappa shape index (κ1) is 19.8. The number of nitrogens with zero attached hydrogens (tertiary/aromatic N) is 1. The van der Waals surface area contributed by atoms with Gasteiger partial charge in [-0.05, 0) is 31.2 Å². The van der Waals surface area contributed by atoms with E-state index in [0.717, 1.165) is 5.75 Å². The van der Waals surface area contributed by atoms with Gasteiger partial charge in [-0.2, -0.15) is 0 Å². The van der Waals surface area contributed by atoms with E-state index in [2.05, 4.69) is 5.32 Å². The molecule has 1 N–H and O–H groups in total. The summed E-state index contributed by atoms with van der Waals surface area (Å²) in [5.41, 5.74) is 1.57. The highest BCUT2D eigenvalue weighted by molar-refractivity contribution is 6.33. The number of benzene rings is 2. The van der Waals surface area contributed by atoms with Gasteiger partial charge >= 0.3 is 0 Å². The lowest BCUT2D eigenvalue weighted by Crippen LogP contribution is -2.34. The highest BCUT2D eigenvalue weighted by atomic mass is 35.5. The molecule has 5 nitrogen and oxygen atoms in total. The third-order valence-electron chi connectivity index (χ3n) is 3.89. The second-order valence-corrected chi connectivity index (χ2v) is 6.37. The molecule has 0 aliphatic carbocycles. The van der Waals surface area contributed by atoms with Crippen LogP contribution in [-0.4, -0.2) is 43.5 Å². The van der Waals surface area contributed by atoms with Gasteiger partial charge in [0.05, 0.1) is 17.1 Å². The van der Waals surface area contributed by atoms with Crippen LogP contribution in [0.4, 0.5) is 0 Å². The van der Waals surface area contributed by atoms with Crippen molar-refractivity contribution in [1.82, 2.24) is 10.2 Å². The molecule has 0 fully saturated rings. The number of hydrogen-bond acceptors (Lipinski definition) is 3. The molecule has 138 valence electrons. The molecule has 0 heterocycles. The number of hydrogen-bond donors (Lipinski definition) is 1. The zero-order valence-electron chi connectivity index (χ0n) is 15.0. The normalized spacial score (nSPS) is 10.3. The quantitative estimate of drug-likeness (QED) is 0.771. The van der Waals surface area contributed by atoms with Crippen molar-refractivity contribution in [2.24, 2.45) is 0 Å². The predicted octanol–water partition coefficient (Wildman–Crippen LogP) is 3.31. The van der Waals surface area contributed by atoms with E-state index >= 15 is 0 Å². The van der Waals surface area contributed by atoms with E-state index in [1.807, 2.05) is 31.2 Å². The zero-order chi connectivity index (χ0) is 18.9. The molecule has 2 rings (SSSR count).